The fourth-order valence-corrected chi connectivity index (χ4v) is 2.44. The number of urea groups is 1. The predicted molar refractivity (Wildman–Crippen MR) is 83.8 cm³/mol. The fraction of sp³-hybridized carbons (Fsp3) is 0.294. The van der Waals surface area contributed by atoms with E-state index in [1.165, 1.54) is 12.1 Å². The molecule has 2 amide bonds. The normalized spacial score (nSPS) is 13.9. The summed E-state index contributed by atoms with van der Waals surface area (Å²) in [5, 5.41) is 2.87. The highest BCUT2D eigenvalue weighted by atomic mass is 19.1. The molecule has 1 saturated heterocycles. The number of aromatic nitrogens is 1. The zero-order valence-electron chi connectivity index (χ0n) is 12.7. The monoisotopic (exact) mass is 315 g/mol. The summed E-state index contributed by atoms with van der Waals surface area (Å²) in [6, 6.07) is 9.37. The molecule has 5 nitrogen and oxygen atoms in total. The molecule has 0 radical (unpaired) electrons. The molecule has 1 aliphatic rings. The van der Waals surface area contributed by atoms with Gasteiger partial charge < -0.3 is 15.0 Å². The summed E-state index contributed by atoms with van der Waals surface area (Å²) in [5.41, 5.74) is 0.879. The summed E-state index contributed by atoms with van der Waals surface area (Å²) < 4.78 is 18.6. The highest BCUT2D eigenvalue weighted by Gasteiger charge is 2.17. The first kappa shape index (κ1) is 15.3. The second-order valence-electron chi connectivity index (χ2n) is 5.42. The number of likely N-dealkylation sites (tertiary alicyclic amines) is 1. The van der Waals surface area contributed by atoms with Crippen molar-refractivity contribution in [3.8, 4) is 11.6 Å². The number of rotatable bonds is 4. The van der Waals surface area contributed by atoms with Crippen molar-refractivity contribution in [2.75, 3.05) is 13.1 Å². The lowest BCUT2D eigenvalue weighted by atomic mass is 10.3. The molecule has 2 aromatic rings. The van der Waals surface area contributed by atoms with Gasteiger partial charge in [-0.05, 0) is 30.5 Å². The fourth-order valence-electron chi connectivity index (χ4n) is 2.44. The van der Waals surface area contributed by atoms with Crippen LogP contribution in [0.5, 0.6) is 11.6 Å². The van der Waals surface area contributed by atoms with Gasteiger partial charge in [0.05, 0.1) is 0 Å². The van der Waals surface area contributed by atoms with Crippen LogP contribution in [0.1, 0.15) is 18.4 Å². The molecule has 1 fully saturated rings. The Hall–Kier alpha value is -2.63. The SMILES string of the molecule is O=C(NCc1ccc(Oc2cccc(F)c2)nc1)N1CCCC1. The molecular formula is C17H18FN3O2. The van der Waals surface area contributed by atoms with Gasteiger partial charge >= 0.3 is 6.03 Å². The summed E-state index contributed by atoms with van der Waals surface area (Å²) in [7, 11) is 0. The van der Waals surface area contributed by atoms with Crippen LogP contribution in [-0.4, -0.2) is 29.0 Å². The number of nitrogens with one attached hydrogen (secondary N) is 1. The summed E-state index contributed by atoms with van der Waals surface area (Å²) in [5.74, 6) is 0.418. The van der Waals surface area contributed by atoms with Crippen LogP contribution in [0.15, 0.2) is 42.6 Å². The van der Waals surface area contributed by atoms with Gasteiger partial charge in [-0.25, -0.2) is 14.2 Å². The Balaban J connectivity index is 1.53. The van der Waals surface area contributed by atoms with Crippen molar-refractivity contribution in [3.05, 3.63) is 54.0 Å². The molecule has 6 heteroatoms. The number of halogens is 1. The third-order valence-electron chi connectivity index (χ3n) is 3.65. The molecule has 0 atom stereocenters. The van der Waals surface area contributed by atoms with Crippen molar-refractivity contribution in [1.29, 1.82) is 0 Å². The Morgan fingerprint density at radius 3 is 2.78 bits per heavy atom. The van der Waals surface area contributed by atoms with Crippen molar-refractivity contribution >= 4 is 6.03 Å². The van der Waals surface area contributed by atoms with Gasteiger partial charge in [0.2, 0.25) is 5.88 Å². The molecule has 0 saturated carbocycles. The van der Waals surface area contributed by atoms with E-state index in [1.807, 2.05) is 11.0 Å². The second kappa shape index (κ2) is 7.09. The van der Waals surface area contributed by atoms with Crippen LogP contribution in [0.3, 0.4) is 0 Å². The average molecular weight is 315 g/mol. The van der Waals surface area contributed by atoms with E-state index in [2.05, 4.69) is 10.3 Å². The minimum absolute atomic E-state index is 0.0393. The number of carbonyl (C=O) groups is 1. The molecule has 0 bridgehead atoms. The highest BCUT2D eigenvalue weighted by molar-refractivity contribution is 5.74. The Morgan fingerprint density at radius 1 is 1.26 bits per heavy atom. The van der Waals surface area contributed by atoms with Gasteiger partial charge in [-0.2, -0.15) is 0 Å². The lowest BCUT2D eigenvalue weighted by Gasteiger charge is -2.16. The molecule has 23 heavy (non-hydrogen) atoms. The largest absolute Gasteiger partial charge is 0.439 e. The van der Waals surface area contributed by atoms with Gasteiger partial charge in [-0.3, -0.25) is 0 Å². The van der Waals surface area contributed by atoms with Gasteiger partial charge in [-0.15, -0.1) is 0 Å². The molecule has 1 aromatic heterocycles. The van der Waals surface area contributed by atoms with Gasteiger partial charge in [0.1, 0.15) is 11.6 Å². The molecule has 120 valence electrons. The first-order valence-electron chi connectivity index (χ1n) is 7.62. The number of amides is 2. The number of benzene rings is 1. The van der Waals surface area contributed by atoms with Gasteiger partial charge in [0.15, 0.2) is 0 Å². The summed E-state index contributed by atoms with van der Waals surface area (Å²) in [4.78, 5) is 17.9. The van der Waals surface area contributed by atoms with Crippen molar-refractivity contribution in [2.24, 2.45) is 0 Å². The van der Waals surface area contributed by atoms with Crippen LogP contribution >= 0.6 is 0 Å². The first-order valence-corrected chi connectivity index (χ1v) is 7.62. The number of carbonyl (C=O) groups excluding carboxylic acids is 1. The van der Waals surface area contributed by atoms with E-state index >= 15 is 0 Å². The molecule has 1 aliphatic heterocycles. The Bertz CT molecular complexity index is 670. The smallest absolute Gasteiger partial charge is 0.317 e. The predicted octanol–water partition coefficient (Wildman–Crippen LogP) is 3.32. The average Bonchev–Trinajstić information content (AvgIpc) is 3.08. The molecule has 0 spiro atoms. The molecule has 0 aliphatic carbocycles. The highest BCUT2D eigenvalue weighted by Crippen LogP contribution is 2.20. The van der Waals surface area contributed by atoms with Crippen molar-refractivity contribution in [2.45, 2.75) is 19.4 Å². The van der Waals surface area contributed by atoms with E-state index < -0.39 is 0 Å². The van der Waals surface area contributed by atoms with Crippen molar-refractivity contribution in [3.63, 3.8) is 0 Å². The van der Waals surface area contributed by atoms with Crippen LogP contribution in [0, 0.1) is 5.82 Å². The zero-order valence-corrected chi connectivity index (χ0v) is 12.7. The van der Waals surface area contributed by atoms with Gasteiger partial charge in [-0.1, -0.05) is 12.1 Å². The molecule has 1 N–H and O–H groups in total. The van der Waals surface area contributed by atoms with Crippen LogP contribution < -0.4 is 10.1 Å². The Kier molecular flexibility index (Phi) is 4.71. The lowest BCUT2D eigenvalue weighted by Crippen LogP contribution is -2.37. The van der Waals surface area contributed by atoms with E-state index in [-0.39, 0.29) is 11.8 Å². The Labute approximate surface area is 134 Å². The van der Waals surface area contributed by atoms with Gasteiger partial charge in [0, 0.05) is 38.0 Å². The maximum Gasteiger partial charge on any atom is 0.317 e. The number of hydrogen-bond donors (Lipinski definition) is 1. The van der Waals surface area contributed by atoms with E-state index in [0.717, 1.165) is 31.5 Å². The second-order valence-corrected chi connectivity index (χ2v) is 5.42. The number of pyridine rings is 1. The van der Waals surface area contributed by atoms with E-state index in [9.17, 15) is 9.18 Å². The molecule has 1 aromatic carbocycles. The van der Waals surface area contributed by atoms with Crippen LogP contribution in [0.4, 0.5) is 9.18 Å². The minimum atomic E-state index is -0.358. The van der Waals surface area contributed by atoms with Crippen LogP contribution in [0.25, 0.3) is 0 Å². The number of nitrogens with zero attached hydrogens (tertiary/aromatic N) is 2. The number of hydrogen-bond acceptors (Lipinski definition) is 3. The Morgan fingerprint density at radius 2 is 2.09 bits per heavy atom. The summed E-state index contributed by atoms with van der Waals surface area (Å²) >= 11 is 0. The summed E-state index contributed by atoms with van der Waals surface area (Å²) in [6.07, 6.45) is 3.78. The lowest BCUT2D eigenvalue weighted by molar-refractivity contribution is 0.208. The first-order chi connectivity index (χ1) is 11.2. The molecule has 2 heterocycles. The van der Waals surface area contributed by atoms with Crippen molar-refractivity contribution < 1.29 is 13.9 Å². The third-order valence-corrected chi connectivity index (χ3v) is 3.65. The van der Waals surface area contributed by atoms with E-state index in [0.29, 0.717) is 18.2 Å². The van der Waals surface area contributed by atoms with E-state index in [4.69, 9.17) is 4.74 Å². The molecule has 0 unspecified atom stereocenters. The van der Waals surface area contributed by atoms with Gasteiger partial charge in [0.25, 0.3) is 0 Å². The quantitative estimate of drug-likeness (QED) is 0.941. The zero-order chi connectivity index (χ0) is 16.1. The number of ether oxygens (including phenoxy) is 1. The molecular weight excluding hydrogens is 297 g/mol. The van der Waals surface area contributed by atoms with Crippen LogP contribution in [-0.2, 0) is 6.54 Å². The summed E-state index contributed by atoms with van der Waals surface area (Å²) in [6.45, 7) is 2.07. The van der Waals surface area contributed by atoms with E-state index in [1.54, 1.807) is 24.4 Å². The molecule has 3 rings (SSSR count). The maximum absolute atomic E-state index is 13.1. The topological polar surface area (TPSA) is 54.5 Å². The minimum Gasteiger partial charge on any atom is -0.439 e. The maximum atomic E-state index is 13.1. The van der Waals surface area contributed by atoms with Crippen molar-refractivity contribution in [1.82, 2.24) is 15.2 Å². The van der Waals surface area contributed by atoms with Crippen LogP contribution in [0.2, 0.25) is 0 Å². The standard InChI is InChI=1S/C17H18FN3O2/c18-14-4-3-5-15(10-14)23-16-7-6-13(11-19-16)12-20-17(22)21-8-1-2-9-21/h3-7,10-11H,1-2,8-9,12H2,(H,20,22). The third kappa shape index (κ3) is 4.18.